The van der Waals surface area contributed by atoms with Crippen molar-refractivity contribution in [3.63, 3.8) is 0 Å². The van der Waals surface area contributed by atoms with Crippen LogP contribution in [0.5, 0.6) is 5.75 Å². The van der Waals surface area contributed by atoms with Gasteiger partial charge in [0.15, 0.2) is 0 Å². The predicted molar refractivity (Wildman–Crippen MR) is 106 cm³/mol. The molecule has 0 saturated carbocycles. The minimum Gasteiger partial charge on any atom is -0.495 e. The molecule has 1 aromatic carbocycles. The van der Waals surface area contributed by atoms with Crippen LogP contribution in [0, 0.1) is 11.8 Å². The van der Waals surface area contributed by atoms with Crippen molar-refractivity contribution in [2.75, 3.05) is 38.6 Å². The fourth-order valence-electron chi connectivity index (χ4n) is 3.71. The van der Waals surface area contributed by atoms with Gasteiger partial charge in [-0.25, -0.2) is 13.1 Å². The molecule has 1 aliphatic heterocycles. The highest BCUT2D eigenvalue weighted by Crippen LogP contribution is 2.27. The highest BCUT2D eigenvalue weighted by atomic mass is 32.2. The van der Waals surface area contributed by atoms with Crippen molar-refractivity contribution < 1.29 is 17.9 Å². The van der Waals surface area contributed by atoms with Gasteiger partial charge in [0.25, 0.3) is 0 Å². The molecule has 0 radical (unpaired) electrons. The minimum absolute atomic E-state index is 0.104. The van der Waals surface area contributed by atoms with Gasteiger partial charge >= 0.3 is 0 Å². The smallest absolute Gasteiger partial charge is 0.240 e. The lowest BCUT2D eigenvalue weighted by Crippen LogP contribution is -2.40. The first-order chi connectivity index (χ1) is 12.7. The molecule has 1 aliphatic rings. The third kappa shape index (κ3) is 6.48. The number of likely N-dealkylation sites (tertiary alicyclic amines) is 1. The van der Waals surface area contributed by atoms with Crippen LogP contribution in [-0.4, -0.2) is 52.5 Å². The Hall–Kier alpha value is -1.64. The first kappa shape index (κ1) is 21.7. The quantitative estimate of drug-likeness (QED) is 0.657. The number of ether oxygens (including phenoxy) is 1. The molecule has 0 aromatic heterocycles. The Bertz CT molecular complexity index is 741. The van der Waals surface area contributed by atoms with Gasteiger partial charge in [-0.05, 0) is 49.4 Å². The van der Waals surface area contributed by atoms with Crippen molar-refractivity contribution in [1.82, 2.24) is 9.62 Å². The van der Waals surface area contributed by atoms with Gasteiger partial charge in [-0.1, -0.05) is 13.8 Å². The maximum absolute atomic E-state index is 12.5. The van der Waals surface area contributed by atoms with Crippen LogP contribution in [0.1, 0.15) is 33.6 Å². The Labute approximate surface area is 162 Å². The Balaban J connectivity index is 1.93. The average molecular weight is 398 g/mol. The molecular formula is C19H31N3O4S. The van der Waals surface area contributed by atoms with Crippen molar-refractivity contribution in [2.45, 2.75) is 38.5 Å². The fourth-order valence-corrected chi connectivity index (χ4v) is 4.81. The summed E-state index contributed by atoms with van der Waals surface area (Å²) in [6.07, 6.45) is 2.02. The van der Waals surface area contributed by atoms with E-state index < -0.39 is 10.0 Å². The number of hydrogen-bond donors (Lipinski definition) is 2. The van der Waals surface area contributed by atoms with Crippen LogP contribution in [-0.2, 0) is 14.8 Å². The first-order valence-corrected chi connectivity index (χ1v) is 10.9. The van der Waals surface area contributed by atoms with Crippen LogP contribution in [0.25, 0.3) is 0 Å². The van der Waals surface area contributed by atoms with Crippen molar-refractivity contribution in [2.24, 2.45) is 11.8 Å². The number of carbonyl (C=O) groups is 1. The number of nitrogens with zero attached hydrogens (tertiary/aromatic N) is 1. The van der Waals surface area contributed by atoms with Crippen molar-refractivity contribution in [1.29, 1.82) is 0 Å². The molecule has 152 valence electrons. The van der Waals surface area contributed by atoms with Gasteiger partial charge in [0.1, 0.15) is 5.75 Å². The summed E-state index contributed by atoms with van der Waals surface area (Å²) in [6, 6.07) is 4.42. The zero-order valence-corrected chi connectivity index (χ0v) is 17.4. The summed E-state index contributed by atoms with van der Waals surface area (Å²) < 4.78 is 32.9. The van der Waals surface area contributed by atoms with Crippen LogP contribution in [0.2, 0.25) is 0 Å². The van der Waals surface area contributed by atoms with Crippen molar-refractivity contribution in [3.05, 3.63) is 18.2 Å². The summed E-state index contributed by atoms with van der Waals surface area (Å²) in [5, 5.41) is 2.59. The van der Waals surface area contributed by atoms with E-state index in [9.17, 15) is 13.2 Å². The molecule has 2 atom stereocenters. The molecule has 1 saturated heterocycles. The zero-order chi connectivity index (χ0) is 20.0. The third-order valence-electron chi connectivity index (χ3n) is 4.68. The molecule has 1 amide bonds. The lowest BCUT2D eigenvalue weighted by Gasteiger charge is -2.34. The second kappa shape index (κ2) is 9.52. The van der Waals surface area contributed by atoms with Gasteiger partial charge < -0.3 is 15.0 Å². The summed E-state index contributed by atoms with van der Waals surface area (Å²) in [4.78, 5) is 13.8. The predicted octanol–water partition coefficient (Wildman–Crippen LogP) is 2.30. The molecule has 0 unspecified atom stereocenters. The van der Waals surface area contributed by atoms with Gasteiger partial charge in [0.2, 0.25) is 15.9 Å². The fraction of sp³-hybridized carbons (Fsp3) is 0.632. The highest BCUT2D eigenvalue weighted by molar-refractivity contribution is 7.89. The highest BCUT2D eigenvalue weighted by Gasteiger charge is 2.21. The molecule has 0 spiro atoms. The molecular weight excluding hydrogens is 366 g/mol. The topological polar surface area (TPSA) is 87.7 Å². The summed E-state index contributed by atoms with van der Waals surface area (Å²) in [6.45, 7) is 9.32. The minimum atomic E-state index is -3.64. The Morgan fingerprint density at radius 2 is 1.93 bits per heavy atom. The number of piperidine rings is 1. The zero-order valence-electron chi connectivity index (χ0n) is 16.6. The SMILES string of the molecule is COc1ccc(S(=O)(=O)NCCCN2C[C@H](C)C[C@H](C)C2)cc1NC(C)=O. The van der Waals surface area contributed by atoms with Gasteiger partial charge in [0, 0.05) is 26.6 Å². The van der Waals surface area contributed by atoms with Crippen LogP contribution >= 0.6 is 0 Å². The molecule has 27 heavy (non-hydrogen) atoms. The maximum atomic E-state index is 12.5. The Morgan fingerprint density at radius 1 is 1.26 bits per heavy atom. The standard InChI is InChI=1S/C19H31N3O4S/c1-14-10-15(2)13-22(12-14)9-5-8-20-27(24,25)17-6-7-19(26-4)18(11-17)21-16(3)23/h6-7,11,14-15,20H,5,8-10,12-13H2,1-4H3,(H,21,23)/t14-,15+. The number of amides is 1. The van der Waals surface area contributed by atoms with E-state index in [2.05, 4.69) is 28.8 Å². The molecule has 1 heterocycles. The number of methoxy groups -OCH3 is 1. The first-order valence-electron chi connectivity index (χ1n) is 9.39. The van der Waals surface area contributed by atoms with E-state index in [0.717, 1.165) is 26.1 Å². The average Bonchev–Trinajstić information content (AvgIpc) is 2.57. The second-order valence-corrected chi connectivity index (χ2v) is 9.27. The molecule has 8 heteroatoms. The van der Waals surface area contributed by atoms with E-state index in [0.29, 0.717) is 29.8 Å². The molecule has 2 rings (SSSR count). The van der Waals surface area contributed by atoms with Gasteiger partial charge in [-0.3, -0.25) is 4.79 Å². The lowest BCUT2D eigenvalue weighted by molar-refractivity contribution is -0.114. The van der Waals surface area contributed by atoms with Gasteiger partial charge in [0.05, 0.1) is 17.7 Å². The van der Waals surface area contributed by atoms with E-state index >= 15 is 0 Å². The van der Waals surface area contributed by atoms with E-state index in [1.54, 1.807) is 0 Å². The maximum Gasteiger partial charge on any atom is 0.240 e. The van der Waals surface area contributed by atoms with E-state index in [1.165, 1.54) is 38.7 Å². The summed E-state index contributed by atoms with van der Waals surface area (Å²) in [5.41, 5.74) is 0.337. The summed E-state index contributed by atoms with van der Waals surface area (Å²) in [5.74, 6) is 1.51. The number of rotatable bonds is 8. The number of sulfonamides is 1. The molecule has 1 fully saturated rings. The number of carbonyl (C=O) groups excluding carboxylic acids is 1. The summed E-state index contributed by atoms with van der Waals surface area (Å²) >= 11 is 0. The van der Waals surface area contributed by atoms with E-state index in [4.69, 9.17) is 4.74 Å². The van der Waals surface area contributed by atoms with Gasteiger partial charge in [-0.15, -0.1) is 0 Å². The number of anilines is 1. The second-order valence-electron chi connectivity index (χ2n) is 7.50. The van der Waals surface area contributed by atoms with Crippen molar-refractivity contribution >= 4 is 21.6 Å². The third-order valence-corrected chi connectivity index (χ3v) is 6.14. The van der Waals surface area contributed by atoms with Gasteiger partial charge in [-0.2, -0.15) is 0 Å². The van der Waals surface area contributed by atoms with E-state index in [1.807, 2.05) is 0 Å². The normalized spacial score (nSPS) is 21.0. The monoisotopic (exact) mass is 397 g/mol. The van der Waals surface area contributed by atoms with Crippen molar-refractivity contribution in [3.8, 4) is 5.75 Å². The summed E-state index contributed by atoms with van der Waals surface area (Å²) in [7, 11) is -2.18. The molecule has 0 aliphatic carbocycles. The molecule has 1 aromatic rings. The largest absolute Gasteiger partial charge is 0.495 e. The molecule has 0 bridgehead atoms. The number of benzene rings is 1. The number of nitrogens with one attached hydrogen (secondary N) is 2. The molecule has 2 N–H and O–H groups in total. The molecule has 7 nitrogen and oxygen atoms in total. The Kier molecular flexibility index (Phi) is 7.64. The van der Waals surface area contributed by atoms with Crippen LogP contribution in [0.3, 0.4) is 0 Å². The van der Waals surface area contributed by atoms with Crippen LogP contribution in [0.15, 0.2) is 23.1 Å². The van der Waals surface area contributed by atoms with Crippen LogP contribution < -0.4 is 14.8 Å². The van der Waals surface area contributed by atoms with Crippen LogP contribution in [0.4, 0.5) is 5.69 Å². The Morgan fingerprint density at radius 3 is 2.52 bits per heavy atom. The number of hydrogen-bond acceptors (Lipinski definition) is 5. The van der Waals surface area contributed by atoms with E-state index in [-0.39, 0.29) is 10.8 Å². The lowest BCUT2D eigenvalue weighted by atomic mass is 9.92.